The molecule has 0 aliphatic carbocycles. The summed E-state index contributed by atoms with van der Waals surface area (Å²) in [4.78, 5) is 10.9. The molecule has 0 aliphatic heterocycles. The van der Waals surface area contributed by atoms with Crippen LogP contribution in [0.15, 0.2) is 24.3 Å². The summed E-state index contributed by atoms with van der Waals surface area (Å²) in [6, 6.07) is 5.25. The van der Waals surface area contributed by atoms with Gasteiger partial charge in [0.1, 0.15) is 11.6 Å². The summed E-state index contributed by atoms with van der Waals surface area (Å²) in [6.45, 7) is 2.28. The zero-order valence-electron chi connectivity index (χ0n) is 7.21. The predicted molar refractivity (Wildman–Crippen MR) is 46.1 cm³/mol. The van der Waals surface area contributed by atoms with Crippen molar-refractivity contribution in [2.45, 2.75) is 6.92 Å². The number of carbonyl (C=O) groups excluding carboxylic acids is 1. The average molecular weight is 183 g/mol. The number of carbonyl (C=O) groups is 1. The Morgan fingerprint density at radius 3 is 2.62 bits per heavy atom. The number of nitrogens with one attached hydrogen (secondary N) is 1. The monoisotopic (exact) mass is 183 g/mol. The number of benzene rings is 1. The van der Waals surface area contributed by atoms with Crippen molar-refractivity contribution in [3.05, 3.63) is 30.1 Å². The number of rotatable bonds is 2. The molecule has 13 heavy (non-hydrogen) atoms. The molecule has 4 heteroatoms. The molecule has 1 N–H and O–H groups in total. The van der Waals surface area contributed by atoms with Gasteiger partial charge in [0.05, 0.1) is 0 Å². The first-order valence-electron chi connectivity index (χ1n) is 3.93. The van der Waals surface area contributed by atoms with Gasteiger partial charge in [-0.2, -0.15) is 0 Å². The van der Waals surface area contributed by atoms with Gasteiger partial charge in [-0.05, 0) is 31.2 Å². The van der Waals surface area contributed by atoms with Gasteiger partial charge in [0.2, 0.25) is 0 Å². The first-order chi connectivity index (χ1) is 6.22. The normalized spacial score (nSPS) is 9.38. The third kappa shape index (κ3) is 3.11. The van der Waals surface area contributed by atoms with Crippen molar-refractivity contribution in [3.8, 4) is 5.75 Å². The lowest BCUT2D eigenvalue weighted by molar-refractivity contribution is 0.201. The lowest BCUT2D eigenvalue weighted by Gasteiger charge is -2.03. The van der Waals surface area contributed by atoms with Gasteiger partial charge in [-0.1, -0.05) is 0 Å². The quantitative estimate of drug-likeness (QED) is 0.760. The Hall–Kier alpha value is -1.58. The molecule has 0 unspecified atom stereocenters. The van der Waals surface area contributed by atoms with E-state index in [2.05, 4.69) is 5.32 Å². The first-order valence-corrected chi connectivity index (χ1v) is 3.93. The molecule has 1 aromatic carbocycles. The van der Waals surface area contributed by atoms with Gasteiger partial charge in [-0.15, -0.1) is 0 Å². The van der Waals surface area contributed by atoms with Crippen molar-refractivity contribution in [1.29, 1.82) is 0 Å². The minimum atomic E-state index is -0.533. The Morgan fingerprint density at radius 1 is 1.46 bits per heavy atom. The molecule has 0 saturated carbocycles. The van der Waals surface area contributed by atoms with E-state index >= 15 is 0 Å². The third-order valence-electron chi connectivity index (χ3n) is 1.35. The lowest BCUT2D eigenvalue weighted by Crippen LogP contribution is -2.26. The molecular weight excluding hydrogens is 173 g/mol. The fourth-order valence-electron chi connectivity index (χ4n) is 0.790. The highest BCUT2D eigenvalue weighted by Crippen LogP contribution is 2.10. The molecule has 0 saturated heterocycles. The Kier molecular flexibility index (Phi) is 3.25. The van der Waals surface area contributed by atoms with Crippen LogP contribution in [0.25, 0.3) is 0 Å². The van der Waals surface area contributed by atoms with Gasteiger partial charge in [-0.3, -0.25) is 0 Å². The SMILES string of the molecule is CCNC(=O)Oc1ccc(F)cc1. The van der Waals surface area contributed by atoms with E-state index in [1.54, 1.807) is 6.92 Å². The van der Waals surface area contributed by atoms with Crippen LogP contribution < -0.4 is 10.1 Å². The minimum Gasteiger partial charge on any atom is -0.410 e. The number of hydrogen-bond acceptors (Lipinski definition) is 2. The molecule has 0 aromatic heterocycles. The number of hydrogen-bond donors (Lipinski definition) is 1. The Balaban J connectivity index is 2.54. The molecule has 0 bridgehead atoms. The van der Waals surface area contributed by atoms with E-state index in [0.717, 1.165) is 0 Å². The third-order valence-corrected chi connectivity index (χ3v) is 1.35. The Morgan fingerprint density at radius 2 is 2.08 bits per heavy atom. The second-order valence-corrected chi connectivity index (χ2v) is 2.37. The highest BCUT2D eigenvalue weighted by atomic mass is 19.1. The average Bonchev–Trinajstić information content (AvgIpc) is 2.09. The molecule has 0 fully saturated rings. The maximum Gasteiger partial charge on any atom is 0.412 e. The summed E-state index contributed by atoms with van der Waals surface area (Å²) in [5.74, 6) is -0.0319. The van der Waals surface area contributed by atoms with Crippen molar-refractivity contribution >= 4 is 6.09 Å². The summed E-state index contributed by atoms with van der Waals surface area (Å²) >= 11 is 0. The predicted octanol–water partition coefficient (Wildman–Crippen LogP) is 1.93. The zero-order chi connectivity index (χ0) is 9.68. The maximum atomic E-state index is 12.4. The van der Waals surface area contributed by atoms with E-state index in [4.69, 9.17) is 4.74 Å². The topological polar surface area (TPSA) is 38.3 Å². The van der Waals surface area contributed by atoms with Crippen LogP contribution in [0.4, 0.5) is 9.18 Å². The largest absolute Gasteiger partial charge is 0.412 e. The van der Waals surface area contributed by atoms with Gasteiger partial charge in [0.15, 0.2) is 0 Å². The fourth-order valence-corrected chi connectivity index (χ4v) is 0.790. The molecule has 1 amide bonds. The van der Waals surface area contributed by atoms with Gasteiger partial charge in [-0.25, -0.2) is 9.18 Å². The molecular formula is C9H10FNO2. The molecule has 0 aliphatic rings. The number of ether oxygens (including phenoxy) is 1. The van der Waals surface area contributed by atoms with Crippen LogP contribution in [0.5, 0.6) is 5.75 Å². The highest BCUT2D eigenvalue weighted by molar-refractivity contribution is 5.70. The summed E-state index contributed by atoms with van der Waals surface area (Å²) in [5, 5.41) is 2.45. The zero-order valence-corrected chi connectivity index (χ0v) is 7.21. The van der Waals surface area contributed by atoms with Crippen LogP contribution in [0.3, 0.4) is 0 Å². The molecule has 70 valence electrons. The van der Waals surface area contributed by atoms with Gasteiger partial charge < -0.3 is 10.1 Å². The smallest absolute Gasteiger partial charge is 0.410 e. The highest BCUT2D eigenvalue weighted by Gasteiger charge is 2.01. The van der Waals surface area contributed by atoms with Crippen LogP contribution in [0, 0.1) is 5.82 Å². The van der Waals surface area contributed by atoms with Crippen molar-refractivity contribution in [1.82, 2.24) is 5.32 Å². The first kappa shape index (κ1) is 9.51. The van der Waals surface area contributed by atoms with E-state index in [1.165, 1.54) is 24.3 Å². The minimum absolute atomic E-state index is 0.326. The van der Waals surface area contributed by atoms with E-state index in [-0.39, 0.29) is 5.82 Å². The van der Waals surface area contributed by atoms with Crippen molar-refractivity contribution in [3.63, 3.8) is 0 Å². The second-order valence-electron chi connectivity index (χ2n) is 2.37. The van der Waals surface area contributed by atoms with Crippen LogP contribution in [-0.4, -0.2) is 12.6 Å². The standard InChI is InChI=1S/C9H10FNO2/c1-2-11-9(12)13-8-5-3-7(10)4-6-8/h3-6H,2H2,1H3,(H,11,12). The van der Waals surface area contributed by atoms with Crippen LogP contribution in [-0.2, 0) is 0 Å². The van der Waals surface area contributed by atoms with E-state index < -0.39 is 6.09 Å². The van der Waals surface area contributed by atoms with Crippen molar-refractivity contribution in [2.75, 3.05) is 6.54 Å². The lowest BCUT2D eigenvalue weighted by atomic mass is 10.3. The van der Waals surface area contributed by atoms with E-state index in [0.29, 0.717) is 12.3 Å². The molecule has 1 aromatic rings. The van der Waals surface area contributed by atoms with E-state index in [1.807, 2.05) is 0 Å². The van der Waals surface area contributed by atoms with Gasteiger partial charge in [0.25, 0.3) is 0 Å². The number of halogens is 1. The number of amides is 1. The van der Waals surface area contributed by atoms with E-state index in [9.17, 15) is 9.18 Å². The molecule has 0 heterocycles. The maximum absolute atomic E-state index is 12.4. The molecule has 1 rings (SSSR count). The summed E-state index contributed by atoms with van der Waals surface area (Å²) in [6.07, 6.45) is -0.533. The second kappa shape index (κ2) is 4.45. The van der Waals surface area contributed by atoms with Crippen LogP contribution in [0.1, 0.15) is 6.92 Å². The summed E-state index contributed by atoms with van der Waals surface area (Å²) in [5.41, 5.74) is 0. The Bertz CT molecular complexity index is 284. The fraction of sp³-hybridized carbons (Fsp3) is 0.222. The summed E-state index contributed by atoms with van der Waals surface area (Å²) < 4.78 is 17.2. The van der Waals surface area contributed by atoms with Crippen molar-refractivity contribution < 1.29 is 13.9 Å². The van der Waals surface area contributed by atoms with Crippen LogP contribution in [0.2, 0.25) is 0 Å². The van der Waals surface area contributed by atoms with Gasteiger partial charge in [0, 0.05) is 6.54 Å². The molecule has 0 atom stereocenters. The molecule has 0 radical (unpaired) electrons. The van der Waals surface area contributed by atoms with Crippen LogP contribution >= 0.6 is 0 Å². The Labute approximate surface area is 75.5 Å². The van der Waals surface area contributed by atoms with Crippen molar-refractivity contribution in [2.24, 2.45) is 0 Å². The molecule has 3 nitrogen and oxygen atoms in total. The summed E-state index contributed by atoms with van der Waals surface area (Å²) in [7, 11) is 0. The van der Waals surface area contributed by atoms with Gasteiger partial charge >= 0.3 is 6.09 Å². The molecule has 0 spiro atoms.